The van der Waals surface area contributed by atoms with Gasteiger partial charge >= 0.3 is 0 Å². The second-order valence-corrected chi connectivity index (χ2v) is 6.92. The zero-order chi connectivity index (χ0) is 18.8. The maximum absolute atomic E-state index is 13.0. The lowest BCUT2D eigenvalue weighted by Gasteiger charge is -2.25. The Hall–Kier alpha value is -2.50. The van der Waals surface area contributed by atoms with E-state index in [2.05, 4.69) is 12.0 Å². The number of amides is 1. The largest absolute Gasteiger partial charge is 0.454 e. The summed E-state index contributed by atoms with van der Waals surface area (Å²) >= 11 is 0. The highest BCUT2D eigenvalue weighted by Gasteiger charge is 2.23. The quantitative estimate of drug-likeness (QED) is 0.797. The molecule has 1 unspecified atom stereocenters. The first-order valence-electron chi connectivity index (χ1n) is 9.07. The molecule has 1 amide bonds. The Kier molecular flexibility index (Phi) is 5.20. The fourth-order valence-electron chi connectivity index (χ4n) is 3.42. The van der Waals surface area contributed by atoms with Crippen LogP contribution in [0.5, 0.6) is 11.5 Å². The molecule has 1 atom stereocenters. The van der Waals surface area contributed by atoms with Crippen LogP contribution in [0.1, 0.15) is 36.4 Å². The number of carbonyl (C=O) groups excluding carboxylic acids is 1. The van der Waals surface area contributed by atoms with Gasteiger partial charge in [0.1, 0.15) is 0 Å². The third-order valence-corrected chi connectivity index (χ3v) is 5.09. The number of ether oxygens (including phenoxy) is 2. The molecule has 0 radical (unpaired) electrons. The van der Waals surface area contributed by atoms with E-state index in [4.69, 9.17) is 9.47 Å². The summed E-state index contributed by atoms with van der Waals surface area (Å²) in [6.45, 7) is 9.56. The number of hydrogen-bond donors (Lipinski definition) is 0. The van der Waals surface area contributed by atoms with E-state index in [0.29, 0.717) is 19.5 Å². The van der Waals surface area contributed by atoms with E-state index in [0.717, 1.165) is 28.5 Å². The first-order valence-corrected chi connectivity index (χ1v) is 9.07. The summed E-state index contributed by atoms with van der Waals surface area (Å²) in [5, 5.41) is 4.46. The van der Waals surface area contributed by atoms with E-state index in [1.165, 1.54) is 5.56 Å². The van der Waals surface area contributed by atoms with Crippen LogP contribution in [0, 0.1) is 19.8 Å². The molecule has 6 heteroatoms. The molecule has 1 aliphatic rings. The van der Waals surface area contributed by atoms with Gasteiger partial charge in [0.2, 0.25) is 12.7 Å². The van der Waals surface area contributed by atoms with Crippen LogP contribution in [0.25, 0.3) is 0 Å². The van der Waals surface area contributed by atoms with Gasteiger partial charge in [0.25, 0.3) is 0 Å². The van der Waals surface area contributed by atoms with E-state index in [-0.39, 0.29) is 18.6 Å². The summed E-state index contributed by atoms with van der Waals surface area (Å²) in [6.07, 6.45) is 0.710. The summed E-state index contributed by atoms with van der Waals surface area (Å²) in [6, 6.07) is 5.85. The van der Waals surface area contributed by atoms with Crippen molar-refractivity contribution in [3.05, 3.63) is 40.7 Å². The molecule has 0 fully saturated rings. The van der Waals surface area contributed by atoms with Crippen molar-refractivity contribution in [1.29, 1.82) is 0 Å². The first kappa shape index (κ1) is 18.3. The summed E-state index contributed by atoms with van der Waals surface area (Å²) in [5.41, 5.74) is 4.35. The zero-order valence-corrected chi connectivity index (χ0v) is 16.2. The van der Waals surface area contributed by atoms with Crippen LogP contribution in [-0.2, 0) is 24.8 Å². The first-order chi connectivity index (χ1) is 12.4. The van der Waals surface area contributed by atoms with Crippen molar-refractivity contribution in [2.75, 3.05) is 13.3 Å². The molecule has 3 rings (SSSR count). The highest BCUT2D eigenvalue weighted by atomic mass is 16.7. The van der Waals surface area contributed by atoms with Gasteiger partial charge in [-0.2, -0.15) is 5.10 Å². The fourth-order valence-corrected chi connectivity index (χ4v) is 3.42. The summed E-state index contributed by atoms with van der Waals surface area (Å²) in [5.74, 6) is 1.58. The molecule has 6 nitrogen and oxygen atoms in total. The molecular weight excluding hydrogens is 330 g/mol. The second-order valence-electron chi connectivity index (χ2n) is 6.92. The third-order valence-electron chi connectivity index (χ3n) is 5.09. The number of benzene rings is 1. The molecule has 0 N–H and O–H groups in total. The van der Waals surface area contributed by atoms with Gasteiger partial charge in [0.15, 0.2) is 11.5 Å². The minimum absolute atomic E-state index is 0.0921. The molecule has 0 saturated carbocycles. The molecule has 0 spiro atoms. The van der Waals surface area contributed by atoms with Gasteiger partial charge < -0.3 is 14.4 Å². The summed E-state index contributed by atoms with van der Waals surface area (Å²) in [7, 11) is 1.94. The van der Waals surface area contributed by atoms with Crippen LogP contribution in [0.2, 0.25) is 0 Å². The van der Waals surface area contributed by atoms with E-state index in [1.54, 1.807) is 0 Å². The highest BCUT2D eigenvalue weighted by Crippen LogP contribution is 2.33. The Bertz CT molecular complexity index is 813. The minimum Gasteiger partial charge on any atom is -0.454 e. The Morgan fingerprint density at radius 2 is 2.04 bits per heavy atom. The Labute approximate surface area is 154 Å². The highest BCUT2D eigenvalue weighted by molar-refractivity contribution is 5.79. The topological polar surface area (TPSA) is 56.6 Å². The predicted molar refractivity (Wildman–Crippen MR) is 99.2 cm³/mol. The number of nitrogens with zero attached hydrogens (tertiary/aromatic N) is 3. The Morgan fingerprint density at radius 3 is 2.69 bits per heavy atom. The number of fused-ring (bicyclic) bond motifs is 1. The van der Waals surface area contributed by atoms with E-state index >= 15 is 0 Å². The molecular formula is C20H27N3O3. The molecule has 0 bridgehead atoms. The Balaban J connectivity index is 1.69. The smallest absolute Gasteiger partial charge is 0.231 e. The summed E-state index contributed by atoms with van der Waals surface area (Å²) < 4.78 is 12.7. The van der Waals surface area contributed by atoms with Crippen molar-refractivity contribution in [2.24, 2.45) is 13.0 Å². The normalized spacial score (nSPS) is 13.7. The van der Waals surface area contributed by atoms with Gasteiger partial charge in [-0.3, -0.25) is 9.48 Å². The van der Waals surface area contributed by atoms with Crippen LogP contribution >= 0.6 is 0 Å². The van der Waals surface area contributed by atoms with Crippen molar-refractivity contribution in [3.8, 4) is 11.5 Å². The fraction of sp³-hybridized carbons (Fsp3) is 0.500. The molecule has 140 valence electrons. The number of aryl methyl sites for hydroxylation is 2. The molecule has 1 aliphatic heterocycles. The van der Waals surface area contributed by atoms with Crippen LogP contribution in [0.15, 0.2) is 18.2 Å². The lowest BCUT2D eigenvalue weighted by molar-refractivity contribution is -0.135. The lowest BCUT2D eigenvalue weighted by Crippen LogP contribution is -2.35. The monoisotopic (exact) mass is 357 g/mol. The van der Waals surface area contributed by atoms with Crippen molar-refractivity contribution >= 4 is 5.91 Å². The van der Waals surface area contributed by atoms with Crippen LogP contribution < -0.4 is 9.47 Å². The number of carbonyl (C=O) groups is 1. The van der Waals surface area contributed by atoms with Crippen molar-refractivity contribution in [2.45, 2.75) is 40.7 Å². The van der Waals surface area contributed by atoms with E-state index in [1.807, 2.05) is 55.6 Å². The number of rotatable bonds is 6. The molecule has 2 aromatic rings. The van der Waals surface area contributed by atoms with Gasteiger partial charge in [0, 0.05) is 31.7 Å². The lowest BCUT2D eigenvalue weighted by atomic mass is 9.98. The Morgan fingerprint density at radius 1 is 1.31 bits per heavy atom. The van der Waals surface area contributed by atoms with Gasteiger partial charge in [-0.15, -0.1) is 0 Å². The average Bonchev–Trinajstić information content (AvgIpc) is 3.18. The second kappa shape index (κ2) is 7.40. The SMILES string of the molecule is CCN(Cc1ccc2c(c1)OCO2)C(=O)C(C)Cc1c(C)nn(C)c1C. The molecule has 2 heterocycles. The van der Waals surface area contributed by atoms with Gasteiger partial charge in [0.05, 0.1) is 5.69 Å². The van der Waals surface area contributed by atoms with Gasteiger partial charge in [-0.1, -0.05) is 13.0 Å². The standard InChI is InChI=1S/C20H27N3O3/c1-6-23(11-16-7-8-18-19(10-16)26-12-25-18)20(24)13(2)9-17-14(3)21-22(5)15(17)4/h7-8,10,13H,6,9,11-12H2,1-5H3. The molecule has 26 heavy (non-hydrogen) atoms. The van der Waals surface area contributed by atoms with Crippen LogP contribution in [0.3, 0.4) is 0 Å². The molecule has 0 aliphatic carbocycles. The molecule has 1 aromatic carbocycles. The number of hydrogen-bond acceptors (Lipinski definition) is 4. The summed E-state index contributed by atoms with van der Waals surface area (Å²) in [4.78, 5) is 14.9. The van der Waals surface area contributed by atoms with Crippen molar-refractivity contribution in [3.63, 3.8) is 0 Å². The van der Waals surface area contributed by atoms with Crippen LogP contribution in [-0.4, -0.2) is 33.9 Å². The maximum Gasteiger partial charge on any atom is 0.231 e. The predicted octanol–water partition coefficient (Wildman–Crippen LogP) is 2.99. The maximum atomic E-state index is 13.0. The average molecular weight is 357 g/mol. The third kappa shape index (κ3) is 3.54. The minimum atomic E-state index is -0.0921. The number of aromatic nitrogens is 2. The van der Waals surface area contributed by atoms with Crippen molar-refractivity contribution in [1.82, 2.24) is 14.7 Å². The van der Waals surface area contributed by atoms with Gasteiger partial charge in [-0.05, 0) is 50.5 Å². The van der Waals surface area contributed by atoms with Crippen LogP contribution in [0.4, 0.5) is 0 Å². The van der Waals surface area contributed by atoms with E-state index < -0.39 is 0 Å². The van der Waals surface area contributed by atoms with Gasteiger partial charge in [-0.25, -0.2) is 0 Å². The molecule has 0 saturated heterocycles. The molecule has 1 aromatic heterocycles. The van der Waals surface area contributed by atoms with Crippen molar-refractivity contribution < 1.29 is 14.3 Å². The zero-order valence-electron chi connectivity index (χ0n) is 16.2. The van der Waals surface area contributed by atoms with E-state index in [9.17, 15) is 4.79 Å².